The highest BCUT2D eigenvalue weighted by Gasteiger charge is 2.21. The number of hydrogen-bond donors (Lipinski definition) is 2. The van der Waals surface area contributed by atoms with Gasteiger partial charge in [-0.1, -0.05) is 13.0 Å². The van der Waals surface area contributed by atoms with Crippen molar-refractivity contribution in [1.29, 1.82) is 0 Å². The Morgan fingerprint density at radius 2 is 1.89 bits per heavy atom. The van der Waals surface area contributed by atoms with E-state index in [-0.39, 0.29) is 12.0 Å². The van der Waals surface area contributed by atoms with Crippen molar-refractivity contribution in [2.45, 2.75) is 17.9 Å². The molecule has 0 bridgehead atoms. The summed E-state index contributed by atoms with van der Waals surface area (Å²) in [5, 5.41) is 3.37. The van der Waals surface area contributed by atoms with Gasteiger partial charge in [0.1, 0.15) is 0 Å². The van der Waals surface area contributed by atoms with Crippen LogP contribution in [0.1, 0.15) is 18.7 Å². The lowest BCUT2D eigenvalue weighted by Crippen LogP contribution is -2.26. The van der Waals surface area contributed by atoms with E-state index in [2.05, 4.69) is 32.2 Å². The number of nitrogens with two attached hydrogens (primary N) is 1. The van der Waals surface area contributed by atoms with Gasteiger partial charge in [0.05, 0.1) is 18.8 Å². The highest BCUT2D eigenvalue weighted by atomic mass is 32.2. The molecule has 8 heteroatoms. The van der Waals surface area contributed by atoms with Gasteiger partial charge in [0.15, 0.2) is 0 Å². The molecule has 2 unspecified atom stereocenters. The van der Waals surface area contributed by atoms with Crippen molar-refractivity contribution in [2.75, 3.05) is 25.2 Å². The third-order valence-electron chi connectivity index (χ3n) is 4.47. The SMILES string of the molecule is COc1ncccc1-c1ccc(C(Nc2ncc(SC)cn2)C(C)CN)nc1. The topological polar surface area (TPSA) is 98.8 Å². The van der Waals surface area contributed by atoms with Crippen LogP contribution in [-0.2, 0) is 0 Å². The van der Waals surface area contributed by atoms with E-state index in [1.165, 1.54) is 0 Å². The van der Waals surface area contributed by atoms with E-state index in [9.17, 15) is 0 Å². The molecular formula is C20H24N6OS. The van der Waals surface area contributed by atoms with Crippen molar-refractivity contribution < 1.29 is 4.74 Å². The van der Waals surface area contributed by atoms with E-state index >= 15 is 0 Å². The minimum Gasteiger partial charge on any atom is -0.481 e. The van der Waals surface area contributed by atoms with Crippen molar-refractivity contribution in [2.24, 2.45) is 11.7 Å². The van der Waals surface area contributed by atoms with Crippen molar-refractivity contribution in [3.8, 4) is 17.0 Å². The number of pyridine rings is 2. The fourth-order valence-electron chi connectivity index (χ4n) is 2.80. The van der Waals surface area contributed by atoms with Gasteiger partial charge in [-0.05, 0) is 36.9 Å². The first-order chi connectivity index (χ1) is 13.7. The summed E-state index contributed by atoms with van der Waals surface area (Å²) in [6.07, 6.45) is 9.12. The molecule has 28 heavy (non-hydrogen) atoms. The Morgan fingerprint density at radius 1 is 1.11 bits per heavy atom. The zero-order valence-corrected chi connectivity index (χ0v) is 17.0. The maximum absolute atomic E-state index is 5.93. The summed E-state index contributed by atoms with van der Waals surface area (Å²) >= 11 is 1.61. The molecule has 3 rings (SSSR count). The Balaban J connectivity index is 1.86. The number of methoxy groups -OCH3 is 1. The predicted molar refractivity (Wildman–Crippen MR) is 112 cm³/mol. The first kappa shape index (κ1) is 20.0. The summed E-state index contributed by atoms with van der Waals surface area (Å²) in [6, 6.07) is 7.73. The summed E-state index contributed by atoms with van der Waals surface area (Å²) in [6.45, 7) is 2.59. The molecule has 0 saturated heterocycles. The van der Waals surface area contributed by atoms with Crippen molar-refractivity contribution in [3.05, 3.63) is 54.7 Å². The minimum atomic E-state index is -0.102. The Bertz CT molecular complexity index is 888. The molecule has 3 aromatic rings. The van der Waals surface area contributed by atoms with Crippen LogP contribution in [0.3, 0.4) is 0 Å². The summed E-state index contributed by atoms with van der Waals surface area (Å²) in [7, 11) is 1.61. The van der Waals surface area contributed by atoms with Gasteiger partial charge in [0.2, 0.25) is 11.8 Å². The van der Waals surface area contributed by atoms with Crippen molar-refractivity contribution in [3.63, 3.8) is 0 Å². The number of aromatic nitrogens is 4. The minimum absolute atomic E-state index is 0.102. The number of ether oxygens (including phenoxy) is 1. The molecule has 3 heterocycles. The summed E-state index contributed by atoms with van der Waals surface area (Å²) < 4.78 is 5.34. The molecule has 3 N–H and O–H groups in total. The summed E-state index contributed by atoms with van der Waals surface area (Å²) in [5.41, 5.74) is 8.65. The van der Waals surface area contributed by atoms with Gasteiger partial charge in [-0.2, -0.15) is 0 Å². The van der Waals surface area contributed by atoms with Crippen LogP contribution < -0.4 is 15.8 Å². The number of nitrogens with one attached hydrogen (secondary N) is 1. The Morgan fingerprint density at radius 3 is 2.50 bits per heavy atom. The largest absolute Gasteiger partial charge is 0.481 e. The molecule has 0 aliphatic rings. The predicted octanol–water partition coefficient (Wildman–Crippen LogP) is 3.41. The third-order valence-corrected chi connectivity index (χ3v) is 5.15. The maximum atomic E-state index is 5.93. The number of thioether (sulfide) groups is 1. The molecule has 0 spiro atoms. The van der Waals surface area contributed by atoms with Crippen LogP contribution in [0.2, 0.25) is 0 Å². The second-order valence-corrected chi connectivity index (χ2v) is 7.19. The van der Waals surface area contributed by atoms with Gasteiger partial charge >= 0.3 is 0 Å². The molecule has 0 aliphatic heterocycles. The normalized spacial score (nSPS) is 13.0. The lowest BCUT2D eigenvalue weighted by atomic mass is 9.97. The Hall–Kier alpha value is -2.71. The lowest BCUT2D eigenvalue weighted by molar-refractivity contribution is 0.399. The highest BCUT2D eigenvalue weighted by Crippen LogP contribution is 2.29. The average molecular weight is 397 g/mol. The van der Waals surface area contributed by atoms with E-state index in [1.54, 1.807) is 37.5 Å². The van der Waals surface area contributed by atoms with E-state index in [4.69, 9.17) is 10.5 Å². The number of hydrogen-bond acceptors (Lipinski definition) is 8. The molecule has 0 saturated carbocycles. The van der Waals surface area contributed by atoms with Crippen LogP contribution in [0.25, 0.3) is 11.1 Å². The number of anilines is 1. The van der Waals surface area contributed by atoms with Gasteiger partial charge in [-0.15, -0.1) is 11.8 Å². The van der Waals surface area contributed by atoms with Gasteiger partial charge in [0.25, 0.3) is 0 Å². The highest BCUT2D eigenvalue weighted by molar-refractivity contribution is 7.98. The van der Waals surface area contributed by atoms with E-state index in [0.29, 0.717) is 18.4 Å². The molecule has 2 atom stereocenters. The molecule has 7 nitrogen and oxygen atoms in total. The summed E-state index contributed by atoms with van der Waals surface area (Å²) in [4.78, 5) is 18.7. The van der Waals surface area contributed by atoms with Crippen LogP contribution in [0.15, 0.2) is 53.9 Å². The molecule has 0 aliphatic carbocycles. The summed E-state index contributed by atoms with van der Waals surface area (Å²) in [5.74, 6) is 1.28. The van der Waals surface area contributed by atoms with Gasteiger partial charge in [0, 0.05) is 40.8 Å². The van der Waals surface area contributed by atoms with E-state index in [1.807, 2.05) is 36.7 Å². The van der Waals surface area contributed by atoms with Crippen LogP contribution >= 0.6 is 11.8 Å². The van der Waals surface area contributed by atoms with Crippen LogP contribution in [0.5, 0.6) is 5.88 Å². The molecule has 0 amide bonds. The van der Waals surface area contributed by atoms with E-state index < -0.39 is 0 Å². The lowest BCUT2D eigenvalue weighted by Gasteiger charge is -2.24. The Kier molecular flexibility index (Phi) is 6.78. The quantitative estimate of drug-likeness (QED) is 0.559. The van der Waals surface area contributed by atoms with Crippen LogP contribution in [0, 0.1) is 5.92 Å². The molecule has 0 radical (unpaired) electrons. The molecular weight excluding hydrogens is 372 g/mol. The van der Waals surface area contributed by atoms with Gasteiger partial charge in [-0.3, -0.25) is 4.98 Å². The maximum Gasteiger partial charge on any atom is 0.223 e. The molecule has 146 valence electrons. The van der Waals surface area contributed by atoms with Crippen LogP contribution in [0.4, 0.5) is 5.95 Å². The number of nitrogens with zero attached hydrogens (tertiary/aromatic N) is 4. The van der Waals surface area contributed by atoms with Crippen LogP contribution in [-0.4, -0.2) is 39.8 Å². The molecule has 3 aromatic heterocycles. The zero-order valence-electron chi connectivity index (χ0n) is 16.2. The van der Waals surface area contributed by atoms with E-state index in [0.717, 1.165) is 21.7 Å². The zero-order chi connectivity index (χ0) is 19.9. The molecule has 0 aromatic carbocycles. The fraction of sp³-hybridized carbons (Fsp3) is 0.300. The third kappa shape index (κ3) is 4.58. The second kappa shape index (κ2) is 9.48. The van der Waals surface area contributed by atoms with Crippen molar-refractivity contribution >= 4 is 17.7 Å². The van der Waals surface area contributed by atoms with Gasteiger partial charge < -0.3 is 15.8 Å². The first-order valence-corrected chi connectivity index (χ1v) is 10.2. The second-order valence-electron chi connectivity index (χ2n) is 6.31. The average Bonchev–Trinajstić information content (AvgIpc) is 2.77. The van der Waals surface area contributed by atoms with Gasteiger partial charge in [-0.25, -0.2) is 15.0 Å². The number of rotatable bonds is 8. The smallest absolute Gasteiger partial charge is 0.223 e. The standard InChI is InChI=1S/C20H24N6OS/c1-13(9-21)18(26-20-24-11-15(28-3)12-25-20)17-7-6-14(10-23-17)16-5-4-8-22-19(16)27-2/h4-8,10-13,18H,9,21H2,1-3H3,(H,24,25,26). The fourth-order valence-corrected chi connectivity index (χ4v) is 3.12. The monoisotopic (exact) mass is 396 g/mol. The molecule has 0 fully saturated rings. The van der Waals surface area contributed by atoms with Crippen molar-refractivity contribution in [1.82, 2.24) is 19.9 Å². The Labute approximate surface area is 169 Å². The first-order valence-electron chi connectivity index (χ1n) is 8.94.